The molecule has 2 heterocycles. The van der Waals surface area contributed by atoms with Crippen LogP contribution in [-0.4, -0.2) is 30.5 Å². The lowest BCUT2D eigenvalue weighted by Gasteiger charge is -2.22. The number of aromatic nitrogens is 1. The van der Waals surface area contributed by atoms with Crippen molar-refractivity contribution in [2.24, 2.45) is 5.92 Å². The Bertz CT molecular complexity index is 657. The summed E-state index contributed by atoms with van der Waals surface area (Å²) in [6.07, 6.45) is 2.38. The minimum atomic E-state index is 0. The molecule has 0 spiro atoms. The number of carbonyl (C=O) groups is 1. The van der Waals surface area contributed by atoms with Crippen molar-refractivity contribution in [3.8, 4) is 10.6 Å². The molecule has 2 N–H and O–H groups in total. The lowest BCUT2D eigenvalue weighted by molar-refractivity contribution is 0.0945. The Balaban J connectivity index is 0.00000144. The molecule has 1 fully saturated rings. The molecule has 7 heteroatoms. The van der Waals surface area contributed by atoms with E-state index in [0.29, 0.717) is 11.5 Å². The normalized spacial score (nSPS) is 16.6. The van der Waals surface area contributed by atoms with Crippen LogP contribution in [0, 0.1) is 12.8 Å². The number of thiazole rings is 1. The first-order chi connectivity index (χ1) is 10.7. The van der Waals surface area contributed by atoms with E-state index in [9.17, 15) is 4.79 Å². The van der Waals surface area contributed by atoms with Crippen molar-refractivity contribution in [1.82, 2.24) is 15.6 Å². The van der Waals surface area contributed by atoms with E-state index in [4.69, 9.17) is 0 Å². The van der Waals surface area contributed by atoms with Gasteiger partial charge in [-0.15, -0.1) is 36.2 Å². The summed E-state index contributed by atoms with van der Waals surface area (Å²) in [7, 11) is 0. The van der Waals surface area contributed by atoms with Gasteiger partial charge in [0.1, 0.15) is 5.01 Å². The van der Waals surface area contributed by atoms with Crippen LogP contribution in [0.5, 0.6) is 0 Å². The molecule has 1 unspecified atom stereocenters. The number of piperidine rings is 1. The minimum Gasteiger partial charge on any atom is -0.352 e. The summed E-state index contributed by atoms with van der Waals surface area (Å²) >= 11 is 1.61. The highest BCUT2D eigenvalue weighted by molar-refractivity contribution is 7.13. The summed E-state index contributed by atoms with van der Waals surface area (Å²) in [6, 6.07) is 7.70. The average Bonchev–Trinajstić information content (AvgIpc) is 3.00. The summed E-state index contributed by atoms with van der Waals surface area (Å²) in [4.78, 5) is 16.8. The second kappa shape index (κ2) is 9.99. The summed E-state index contributed by atoms with van der Waals surface area (Å²) in [5.74, 6) is 0.545. The lowest BCUT2D eigenvalue weighted by atomic mass is 9.99. The molecule has 24 heavy (non-hydrogen) atoms. The van der Waals surface area contributed by atoms with Crippen LogP contribution in [0.1, 0.15) is 28.9 Å². The SMILES string of the molecule is Cc1csc(-c2cccc(C(=O)NCC3CCCNC3)c2)n1.Cl.Cl. The summed E-state index contributed by atoms with van der Waals surface area (Å²) < 4.78 is 0. The Hall–Kier alpha value is -1.14. The second-order valence-corrected chi connectivity index (χ2v) is 6.66. The molecule has 1 atom stereocenters. The van der Waals surface area contributed by atoms with Crippen LogP contribution >= 0.6 is 36.2 Å². The molecule has 2 aromatic rings. The van der Waals surface area contributed by atoms with E-state index < -0.39 is 0 Å². The van der Waals surface area contributed by atoms with Gasteiger partial charge in [0, 0.05) is 28.7 Å². The molecule has 1 aromatic heterocycles. The largest absolute Gasteiger partial charge is 0.352 e. The van der Waals surface area contributed by atoms with Gasteiger partial charge in [-0.3, -0.25) is 4.79 Å². The molecule has 1 saturated heterocycles. The van der Waals surface area contributed by atoms with Crippen molar-refractivity contribution in [3.05, 3.63) is 40.9 Å². The van der Waals surface area contributed by atoms with Crippen LogP contribution < -0.4 is 10.6 Å². The Labute approximate surface area is 159 Å². The van der Waals surface area contributed by atoms with Gasteiger partial charge in [0.25, 0.3) is 5.91 Å². The van der Waals surface area contributed by atoms with Crippen LogP contribution in [0.25, 0.3) is 10.6 Å². The third-order valence-electron chi connectivity index (χ3n) is 3.94. The number of hydrogen-bond acceptors (Lipinski definition) is 4. The van der Waals surface area contributed by atoms with Crippen molar-refractivity contribution in [2.45, 2.75) is 19.8 Å². The predicted molar refractivity (Wildman–Crippen MR) is 105 cm³/mol. The molecule has 0 saturated carbocycles. The standard InChI is InChI=1S/C17H21N3OS.2ClH/c1-12-11-22-17(20-12)15-6-2-5-14(8-15)16(21)19-10-13-4-3-7-18-9-13;;/h2,5-6,8,11,13,18H,3-4,7,9-10H2,1H3,(H,19,21);2*1H. The number of amides is 1. The fourth-order valence-electron chi connectivity index (χ4n) is 2.72. The topological polar surface area (TPSA) is 54.0 Å². The maximum absolute atomic E-state index is 12.3. The monoisotopic (exact) mass is 387 g/mol. The third-order valence-corrected chi connectivity index (χ3v) is 4.95. The lowest BCUT2D eigenvalue weighted by Crippen LogP contribution is -2.38. The fraction of sp³-hybridized carbons (Fsp3) is 0.412. The first-order valence-corrected chi connectivity index (χ1v) is 8.62. The van der Waals surface area contributed by atoms with Crippen molar-refractivity contribution in [3.63, 3.8) is 0 Å². The van der Waals surface area contributed by atoms with Crippen LogP contribution in [0.4, 0.5) is 0 Å². The Morgan fingerprint density at radius 3 is 2.92 bits per heavy atom. The second-order valence-electron chi connectivity index (χ2n) is 5.80. The van der Waals surface area contributed by atoms with Crippen LogP contribution in [0.3, 0.4) is 0 Å². The predicted octanol–water partition coefficient (Wildman–Crippen LogP) is 3.69. The molecule has 4 nitrogen and oxygen atoms in total. The number of rotatable bonds is 4. The highest BCUT2D eigenvalue weighted by Crippen LogP contribution is 2.24. The Morgan fingerprint density at radius 1 is 1.42 bits per heavy atom. The summed E-state index contributed by atoms with van der Waals surface area (Å²) in [6.45, 7) is 4.82. The molecular formula is C17H23Cl2N3OS. The van der Waals surface area contributed by atoms with Gasteiger partial charge in [0.05, 0.1) is 0 Å². The number of nitrogens with zero attached hydrogens (tertiary/aromatic N) is 1. The van der Waals surface area contributed by atoms with E-state index in [0.717, 1.165) is 35.9 Å². The highest BCUT2D eigenvalue weighted by atomic mass is 35.5. The van der Waals surface area contributed by atoms with Gasteiger partial charge in [-0.25, -0.2) is 4.98 Å². The zero-order chi connectivity index (χ0) is 15.4. The molecule has 3 rings (SSSR count). The molecule has 0 bridgehead atoms. The molecule has 1 amide bonds. The van der Waals surface area contributed by atoms with Crippen molar-refractivity contribution in [1.29, 1.82) is 0 Å². The number of aryl methyl sites for hydroxylation is 1. The zero-order valence-corrected chi connectivity index (χ0v) is 16.0. The molecule has 1 aliphatic heterocycles. The van der Waals surface area contributed by atoms with Crippen LogP contribution in [0.2, 0.25) is 0 Å². The smallest absolute Gasteiger partial charge is 0.251 e. The maximum atomic E-state index is 12.3. The van der Waals surface area contributed by atoms with Gasteiger partial charge in [0.2, 0.25) is 0 Å². The van der Waals surface area contributed by atoms with E-state index in [1.54, 1.807) is 11.3 Å². The first kappa shape index (κ1) is 20.9. The molecule has 0 aliphatic carbocycles. The van der Waals surface area contributed by atoms with E-state index in [2.05, 4.69) is 15.6 Å². The van der Waals surface area contributed by atoms with Crippen molar-refractivity contribution >= 4 is 42.1 Å². The van der Waals surface area contributed by atoms with Crippen LogP contribution in [-0.2, 0) is 0 Å². The minimum absolute atomic E-state index is 0. The highest BCUT2D eigenvalue weighted by Gasteiger charge is 2.15. The molecule has 1 aromatic carbocycles. The van der Waals surface area contributed by atoms with Crippen molar-refractivity contribution < 1.29 is 4.79 Å². The fourth-order valence-corrected chi connectivity index (χ4v) is 3.51. The summed E-state index contributed by atoms with van der Waals surface area (Å²) in [5, 5.41) is 9.42. The number of carbonyl (C=O) groups excluding carboxylic acids is 1. The quantitative estimate of drug-likeness (QED) is 0.840. The third kappa shape index (κ3) is 5.45. The van der Waals surface area contributed by atoms with E-state index in [-0.39, 0.29) is 30.7 Å². The van der Waals surface area contributed by atoms with Gasteiger partial charge >= 0.3 is 0 Å². The van der Waals surface area contributed by atoms with Crippen molar-refractivity contribution in [2.75, 3.05) is 19.6 Å². The zero-order valence-electron chi connectivity index (χ0n) is 13.6. The van der Waals surface area contributed by atoms with Gasteiger partial charge in [0.15, 0.2) is 0 Å². The van der Waals surface area contributed by atoms with Gasteiger partial charge in [-0.2, -0.15) is 0 Å². The van der Waals surface area contributed by atoms with Gasteiger partial charge in [-0.05, 0) is 50.9 Å². The van der Waals surface area contributed by atoms with Crippen LogP contribution in [0.15, 0.2) is 29.6 Å². The van der Waals surface area contributed by atoms with E-state index in [1.165, 1.54) is 12.8 Å². The average molecular weight is 388 g/mol. The number of halogens is 2. The number of nitrogens with one attached hydrogen (secondary N) is 2. The molecule has 0 radical (unpaired) electrons. The molecular weight excluding hydrogens is 365 g/mol. The first-order valence-electron chi connectivity index (χ1n) is 7.74. The molecule has 132 valence electrons. The van der Waals surface area contributed by atoms with E-state index in [1.807, 2.05) is 36.6 Å². The number of hydrogen-bond donors (Lipinski definition) is 2. The molecule has 1 aliphatic rings. The Kier molecular flexibility index (Phi) is 8.70. The maximum Gasteiger partial charge on any atom is 0.251 e. The Morgan fingerprint density at radius 2 is 2.25 bits per heavy atom. The summed E-state index contributed by atoms with van der Waals surface area (Å²) in [5.41, 5.74) is 2.72. The number of benzene rings is 1. The van der Waals surface area contributed by atoms with E-state index >= 15 is 0 Å². The van der Waals surface area contributed by atoms with Gasteiger partial charge in [-0.1, -0.05) is 12.1 Å². The van der Waals surface area contributed by atoms with Gasteiger partial charge < -0.3 is 10.6 Å².